The maximum absolute atomic E-state index is 5.80. The Kier molecular flexibility index (Phi) is 7.51. The first kappa shape index (κ1) is 15.0. The fourth-order valence-corrected chi connectivity index (χ4v) is 1.94. The van der Waals surface area contributed by atoms with Crippen LogP contribution in [0.1, 0.15) is 64.0 Å². The number of hydrogen-bond donors (Lipinski definition) is 1. The number of unbranched alkanes of at least 4 members (excludes halogenated alkanes) is 5. The summed E-state index contributed by atoms with van der Waals surface area (Å²) in [4.78, 5) is 0. The monoisotopic (exact) mass is 249 g/mol. The first-order valence-corrected chi connectivity index (χ1v) is 7.22. The van der Waals surface area contributed by atoms with E-state index in [-0.39, 0.29) is 6.04 Å². The van der Waals surface area contributed by atoms with E-state index in [1.165, 1.54) is 32.1 Å². The zero-order valence-electron chi connectivity index (χ0n) is 11.8. The van der Waals surface area contributed by atoms with Gasteiger partial charge < -0.3 is 10.5 Å². The predicted octanol–water partition coefficient (Wildman–Crippen LogP) is 4.45. The third-order valence-corrected chi connectivity index (χ3v) is 3.17. The standard InChI is InChI=1S/C16H27NO/c1-3-4-5-6-7-8-13-18-16-11-9-15(10-12-16)14(2)17/h9-12,14H,3-8,13,17H2,1-2H3/t14-/m0/s1. The highest BCUT2D eigenvalue weighted by atomic mass is 16.5. The fourth-order valence-electron chi connectivity index (χ4n) is 1.94. The molecule has 0 saturated heterocycles. The zero-order chi connectivity index (χ0) is 13.2. The van der Waals surface area contributed by atoms with Crippen molar-refractivity contribution >= 4 is 0 Å². The third-order valence-electron chi connectivity index (χ3n) is 3.17. The molecule has 0 heterocycles. The summed E-state index contributed by atoms with van der Waals surface area (Å²) in [6.07, 6.45) is 7.79. The van der Waals surface area contributed by atoms with Gasteiger partial charge in [-0.05, 0) is 31.0 Å². The number of benzene rings is 1. The number of rotatable bonds is 9. The molecule has 0 aliphatic heterocycles. The van der Waals surface area contributed by atoms with Crippen LogP contribution >= 0.6 is 0 Å². The van der Waals surface area contributed by atoms with Crippen LogP contribution in [-0.4, -0.2) is 6.61 Å². The summed E-state index contributed by atoms with van der Waals surface area (Å²) < 4.78 is 5.71. The molecule has 2 N–H and O–H groups in total. The summed E-state index contributed by atoms with van der Waals surface area (Å²) in [5.41, 5.74) is 6.96. The highest BCUT2D eigenvalue weighted by Gasteiger charge is 1.99. The molecule has 0 aliphatic rings. The molecule has 0 fully saturated rings. The van der Waals surface area contributed by atoms with Crippen molar-refractivity contribution in [2.24, 2.45) is 5.73 Å². The molecule has 1 rings (SSSR count). The maximum Gasteiger partial charge on any atom is 0.119 e. The van der Waals surface area contributed by atoms with E-state index in [0.29, 0.717) is 0 Å². The van der Waals surface area contributed by atoms with Crippen molar-refractivity contribution in [3.05, 3.63) is 29.8 Å². The van der Waals surface area contributed by atoms with Crippen molar-refractivity contribution in [2.75, 3.05) is 6.61 Å². The van der Waals surface area contributed by atoms with Crippen molar-refractivity contribution in [1.29, 1.82) is 0 Å². The Hall–Kier alpha value is -1.02. The lowest BCUT2D eigenvalue weighted by molar-refractivity contribution is 0.304. The van der Waals surface area contributed by atoms with Crippen molar-refractivity contribution in [1.82, 2.24) is 0 Å². The summed E-state index contributed by atoms with van der Waals surface area (Å²) in [5, 5.41) is 0. The lowest BCUT2D eigenvalue weighted by Gasteiger charge is -2.09. The smallest absolute Gasteiger partial charge is 0.119 e. The molecule has 1 atom stereocenters. The van der Waals surface area contributed by atoms with Gasteiger partial charge in [0.1, 0.15) is 5.75 Å². The molecule has 102 valence electrons. The molecule has 0 radical (unpaired) electrons. The molecule has 0 unspecified atom stereocenters. The van der Waals surface area contributed by atoms with E-state index in [0.717, 1.165) is 24.3 Å². The lowest BCUT2D eigenvalue weighted by atomic mass is 10.1. The Morgan fingerprint density at radius 1 is 1.00 bits per heavy atom. The van der Waals surface area contributed by atoms with Gasteiger partial charge in [0.05, 0.1) is 6.61 Å². The topological polar surface area (TPSA) is 35.2 Å². The van der Waals surface area contributed by atoms with Crippen LogP contribution in [-0.2, 0) is 0 Å². The highest BCUT2D eigenvalue weighted by molar-refractivity contribution is 5.28. The van der Waals surface area contributed by atoms with Gasteiger partial charge in [-0.1, -0.05) is 51.2 Å². The van der Waals surface area contributed by atoms with Gasteiger partial charge in [0.25, 0.3) is 0 Å². The van der Waals surface area contributed by atoms with Crippen LogP contribution in [0.15, 0.2) is 24.3 Å². The van der Waals surface area contributed by atoms with Gasteiger partial charge in [-0.3, -0.25) is 0 Å². The molecular formula is C16H27NO. The predicted molar refractivity (Wildman–Crippen MR) is 77.9 cm³/mol. The van der Waals surface area contributed by atoms with Crippen LogP contribution in [0.5, 0.6) is 5.75 Å². The number of ether oxygens (including phenoxy) is 1. The summed E-state index contributed by atoms with van der Waals surface area (Å²) >= 11 is 0. The minimum absolute atomic E-state index is 0.0950. The van der Waals surface area contributed by atoms with Crippen LogP contribution in [0.2, 0.25) is 0 Å². The Labute approximate surface area is 112 Å². The minimum atomic E-state index is 0.0950. The average Bonchev–Trinajstić information content (AvgIpc) is 2.38. The second-order valence-corrected chi connectivity index (χ2v) is 4.97. The Bertz CT molecular complexity index is 305. The molecule has 1 aromatic carbocycles. The van der Waals surface area contributed by atoms with Crippen LogP contribution in [0.25, 0.3) is 0 Å². The Morgan fingerprint density at radius 3 is 2.22 bits per heavy atom. The third kappa shape index (κ3) is 6.06. The Balaban J connectivity index is 2.12. The van der Waals surface area contributed by atoms with Gasteiger partial charge >= 0.3 is 0 Å². The quantitative estimate of drug-likeness (QED) is 0.656. The van der Waals surface area contributed by atoms with Crippen LogP contribution in [0.4, 0.5) is 0 Å². The summed E-state index contributed by atoms with van der Waals surface area (Å²) in [7, 11) is 0. The largest absolute Gasteiger partial charge is 0.494 e. The number of hydrogen-bond acceptors (Lipinski definition) is 2. The fraction of sp³-hybridized carbons (Fsp3) is 0.625. The SMILES string of the molecule is CCCCCCCCOc1ccc([C@H](C)N)cc1. The molecule has 18 heavy (non-hydrogen) atoms. The van der Waals surface area contributed by atoms with Crippen LogP contribution in [0, 0.1) is 0 Å². The maximum atomic E-state index is 5.80. The molecule has 0 bridgehead atoms. The van der Waals surface area contributed by atoms with Crippen molar-refractivity contribution in [3.63, 3.8) is 0 Å². The highest BCUT2D eigenvalue weighted by Crippen LogP contribution is 2.16. The van der Waals surface area contributed by atoms with Crippen molar-refractivity contribution < 1.29 is 4.74 Å². The van der Waals surface area contributed by atoms with Gasteiger partial charge in [-0.2, -0.15) is 0 Å². The molecule has 0 saturated carbocycles. The molecule has 1 aromatic rings. The molecule has 0 aromatic heterocycles. The van der Waals surface area contributed by atoms with E-state index in [2.05, 4.69) is 6.92 Å². The molecule has 0 spiro atoms. The number of nitrogens with two attached hydrogens (primary N) is 1. The molecule has 0 aliphatic carbocycles. The second kappa shape index (κ2) is 8.98. The van der Waals surface area contributed by atoms with Crippen LogP contribution in [0.3, 0.4) is 0 Å². The lowest BCUT2D eigenvalue weighted by Crippen LogP contribution is -2.04. The first-order chi connectivity index (χ1) is 8.74. The van der Waals surface area contributed by atoms with E-state index in [4.69, 9.17) is 10.5 Å². The molecular weight excluding hydrogens is 222 g/mol. The van der Waals surface area contributed by atoms with Gasteiger partial charge in [0, 0.05) is 6.04 Å². The summed E-state index contributed by atoms with van der Waals surface area (Å²) in [5.74, 6) is 0.952. The van der Waals surface area contributed by atoms with E-state index in [9.17, 15) is 0 Å². The van der Waals surface area contributed by atoms with Gasteiger partial charge in [-0.15, -0.1) is 0 Å². The van der Waals surface area contributed by atoms with Crippen molar-refractivity contribution in [3.8, 4) is 5.75 Å². The zero-order valence-corrected chi connectivity index (χ0v) is 11.8. The van der Waals surface area contributed by atoms with Gasteiger partial charge in [0.15, 0.2) is 0 Å². The summed E-state index contributed by atoms with van der Waals surface area (Å²) in [6, 6.07) is 8.20. The van der Waals surface area contributed by atoms with Gasteiger partial charge in [0.2, 0.25) is 0 Å². The van der Waals surface area contributed by atoms with E-state index < -0.39 is 0 Å². The molecule has 0 amide bonds. The van der Waals surface area contributed by atoms with Crippen LogP contribution < -0.4 is 10.5 Å². The normalized spacial score (nSPS) is 12.4. The minimum Gasteiger partial charge on any atom is -0.494 e. The molecule has 2 nitrogen and oxygen atoms in total. The van der Waals surface area contributed by atoms with E-state index >= 15 is 0 Å². The first-order valence-electron chi connectivity index (χ1n) is 7.22. The molecule has 2 heteroatoms. The second-order valence-electron chi connectivity index (χ2n) is 4.97. The van der Waals surface area contributed by atoms with E-state index in [1.807, 2.05) is 31.2 Å². The van der Waals surface area contributed by atoms with Crippen molar-refractivity contribution in [2.45, 2.75) is 58.4 Å². The average molecular weight is 249 g/mol. The summed E-state index contributed by atoms with van der Waals surface area (Å²) in [6.45, 7) is 5.06. The van der Waals surface area contributed by atoms with Gasteiger partial charge in [-0.25, -0.2) is 0 Å². The Morgan fingerprint density at radius 2 is 1.61 bits per heavy atom. The van der Waals surface area contributed by atoms with E-state index in [1.54, 1.807) is 0 Å².